The molecule has 1 aliphatic rings. The lowest BCUT2D eigenvalue weighted by atomic mass is 9.97. The van der Waals surface area contributed by atoms with Gasteiger partial charge in [0, 0.05) is 6.42 Å². The van der Waals surface area contributed by atoms with Crippen LogP contribution in [0.15, 0.2) is 35.4 Å². The summed E-state index contributed by atoms with van der Waals surface area (Å²) in [4.78, 5) is 21.6. The van der Waals surface area contributed by atoms with E-state index in [0.29, 0.717) is 12.2 Å². The molecule has 0 bridgehead atoms. The highest BCUT2D eigenvalue weighted by Crippen LogP contribution is 2.27. The summed E-state index contributed by atoms with van der Waals surface area (Å²) in [5, 5.41) is 9.38. The minimum Gasteiger partial charge on any atom is -0.447 e. The number of aromatic nitrogens is 2. The molecular formula is C21H26FN3O5S. The van der Waals surface area contributed by atoms with Gasteiger partial charge in [0.15, 0.2) is 21.5 Å². The lowest BCUT2D eigenvalue weighted by Crippen LogP contribution is -2.42. The molecule has 8 nitrogen and oxygen atoms in total. The molecule has 1 aromatic carbocycles. The number of halogens is 1. The third-order valence-corrected chi connectivity index (χ3v) is 7.52. The maximum atomic E-state index is 14.4. The number of anilines is 1. The van der Waals surface area contributed by atoms with Gasteiger partial charge in [0.2, 0.25) is 0 Å². The first-order chi connectivity index (χ1) is 14.5. The summed E-state index contributed by atoms with van der Waals surface area (Å²) in [6, 6.07) is 5.90. The first kappa shape index (κ1) is 23.1. The predicted molar refractivity (Wildman–Crippen MR) is 112 cm³/mol. The van der Waals surface area contributed by atoms with Crippen molar-refractivity contribution in [1.29, 1.82) is 0 Å². The van der Waals surface area contributed by atoms with Crippen LogP contribution < -0.4 is 4.90 Å². The monoisotopic (exact) mass is 451 g/mol. The number of carbonyl (C=O) groups excluding carboxylic acids is 1. The van der Waals surface area contributed by atoms with Gasteiger partial charge < -0.3 is 9.84 Å². The minimum atomic E-state index is -3.35. The fraction of sp³-hybridized carbons (Fsp3) is 0.476. The number of sulfone groups is 1. The molecule has 0 radical (unpaired) electrons. The molecule has 168 valence electrons. The molecule has 1 fully saturated rings. The molecular weight excluding hydrogens is 425 g/mol. The third-order valence-electron chi connectivity index (χ3n) is 5.35. The Morgan fingerprint density at radius 3 is 2.45 bits per heavy atom. The average molecular weight is 452 g/mol. The fourth-order valence-corrected chi connectivity index (χ4v) is 4.41. The molecule has 0 saturated carbocycles. The number of aliphatic hydroxyl groups is 1. The van der Waals surface area contributed by atoms with Crippen LogP contribution in [-0.2, 0) is 21.0 Å². The second-order valence-electron chi connectivity index (χ2n) is 7.98. The Labute approximate surface area is 181 Å². The zero-order chi connectivity index (χ0) is 22.9. The lowest BCUT2D eigenvalue weighted by molar-refractivity contribution is 0.142. The Morgan fingerprint density at radius 1 is 1.23 bits per heavy atom. The lowest BCUT2D eigenvalue weighted by Gasteiger charge is -2.23. The first-order valence-corrected chi connectivity index (χ1v) is 11.6. The Bertz CT molecular complexity index is 1060. The summed E-state index contributed by atoms with van der Waals surface area (Å²) in [7, 11) is -3.35. The van der Waals surface area contributed by atoms with E-state index < -0.39 is 39.1 Å². The normalized spacial score (nSPS) is 18.9. The average Bonchev–Trinajstić information content (AvgIpc) is 3.11. The molecule has 0 spiro atoms. The van der Waals surface area contributed by atoms with E-state index in [-0.39, 0.29) is 23.2 Å². The second-order valence-corrected chi connectivity index (χ2v) is 10.5. The van der Waals surface area contributed by atoms with E-state index in [2.05, 4.69) is 9.97 Å². The maximum Gasteiger partial charge on any atom is 0.416 e. The molecule has 31 heavy (non-hydrogen) atoms. The highest BCUT2D eigenvalue weighted by Gasteiger charge is 2.39. The summed E-state index contributed by atoms with van der Waals surface area (Å²) >= 11 is 0. The van der Waals surface area contributed by atoms with Gasteiger partial charge in [-0.15, -0.1) is 0 Å². The van der Waals surface area contributed by atoms with E-state index in [1.807, 2.05) is 6.92 Å². The molecule has 1 aliphatic heterocycles. The number of cyclic esters (lactones) is 1. The zero-order valence-electron chi connectivity index (χ0n) is 17.8. The van der Waals surface area contributed by atoms with E-state index in [9.17, 15) is 22.7 Å². The van der Waals surface area contributed by atoms with Crippen LogP contribution in [0.5, 0.6) is 0 Å². The molecule has 1 saturated heterocycles. The molecule has 2 aromatic rings. The predicted octanol–water partition coefficient (Wildman–Crippen LogP) is 2.85. The SMILES string of the molecule is CC(C)S(=O)(=O)c1ccc([C@H](C)Cc2ncc(F)c(N3C(=O)OC[C@@H]3[C@@H](C)O)n2)cc1. The standard InChI is InChI=1S/C21H26FN3O5S/c1-12(2)31(28,29)16-7-5-15(6-8-16)13(3)9-19-23-10-17(22)20(24-19)25-18(14(4)26)11-30-21(25)27/h5-8,10,12-14,18,26H,9,11H2,1-4H3/t13-,14-,18-/m1/s1. The first-order valence-electron chi connectivity index (χ1n) is 10.0. The summed E-state index contributed by atoms with van der Waals surface area (Å²) in [6.45, 7) is 6.62. The minimum absolute atomic E-state index is 0.0582. The quantitative estimate of drug-likeness (QED) is 0.689. The summed E-state index contributed by atoms with van der Waals surface area (Å²) < 4.78 is 43.9. The van der Waals surface area contributed by atoms with Crippen LogP contribution in [0.2, 0.25) is 0 Å². The van der Waals surface area contributed by atoms with Crippen LogP contribution in [-0.4, -0.2) is 53.6 Å². The number of hydrogen-bond donors (Lipinski definition) is 1. The molecule has 1 amide bonds. The van der Waals surface area contributed by atoms with E-state index in [4.69, 9.17) is 4.74 Å². The number of nitrogens with zero attached hydrogens (tertiary/aromatic N) is 3. The molecule has 0 unspecified atom stereocenters. The number of carbonyl (C=O) groups is 1. The van der Waals surface area contributed by atoms with Gasteiger partial charge in [0.1, 0.15) is 18.5 Å². The van der Waals surface area contributed by atoms with Gasteiger partial charge in [0.25, 0.3) is 0 Å². The van der Waals surface area contributed by atoms with Crippen LogP contribution in [0.25, 0.3) is 0 Å². The molecule has 3 rings (SSSR count). The van der Waals surface area contributed by atoms with E-state index in [1.165, 1.54) is 6.92 Å². The van der Waals surface area contributed by atoms with Crippen molar-refractivity contribution in [1.82, 2.24) is 9.97 Å². The maximum absolute atomic E-state index is 14.4. The van der Waals surface area contributed by atoms with Crippen LogP contribution in [0.4, 0.5) is 15.0 Å². The Morgan fingerprint density at radius 2 is 1.87 bits per heavy atom. The number of aliphatic hydroxyl groups excluding tert-OH is 1. The number of benzene rings is 1. The van der Waals surface area contributed by atoms with Crippen molar-refractivity contribution in [3.8, 4) is 0 Å². The molecule has 1 N–H and O–H groups in total. The van der Waals surface area contributed by atoms with E-state index in [0.717, 1.165) is 16.7 Å². The third kappa shape index (κ3) is 4.69. The second kappa shape index (κ2) is 8.88. The van der Waals surface area contributed by atoms with Gasteiger partial charge in [-0.3, -0.25) is 0 Å². The molecule has 0 aliphatic carbocycles. The number of hydrogen-bond acceptors (Lipinski definition) is 7. The molecule has 1 aromatic heterocycles. The smallest absolute Gasteiger partial charge is 0.416 e. The Hall–Kier alpha value is -2.59. The highest BCUT2D eigenvalue weighted by molar-refractivity contribution is 7.92. The fourth-order valence-electron chi connectivity index (χ4n) is 3.35. The topological polar surface area (TPSA) is 110 Å². The van der Waals surface area contributed by atoms with Crippen LogP contribution in [0.1, 0.15) is 45.0 Å². The van der Waals surface area contributed by atoms with Gasteiger partial charge >= 0.3 is 6.09 Å². The molecule has 3 atom stereocenters. The summed E-state index contributed by atoms with van der Waals surface area (Å²) in [5.74, 6) is -0.799. The summed E-state index contributed by atoms with van der Waals surface area (Å²) in [6.07, 6.45) is -0.368. The highest BCUT2D eigenvalue weighted by atomic mass is 32.2. The Balaban J connectivity index is 1.82. The Kier molecular flexibility index (Phi) is 6.61. The van der Waals surface area contributed by atoms with Crippen molar-refractivity contribution in [3.63, 3.8) is 0 Å². The van der Waals surface area contributed by atoms with Gasteiger partial charge in [-0.25, -0.2) is 32.5 Å². The number of rotatable bonds is 7. The molecule has 10 heteroatoms. The van der Waals surface area contributed by atoms with Crippen molar-refractivity contribution in [2.75, 3.05) is 11.5 Å². The van der Waals surface area contributed by atoms with Crippen molar-refractivity contribution < 1.29 is 27.4 Å². The van der Waals surface area contributed by atoms with Crippen molar-refractivity contribution >= 4 is 21.7 Å². The largest absolute Gasteiger partial charge is 0.447 e. The van der Waals surface area contributed by atoms with Crippen LogP contribution >= 0.6 is 0 Å². The number of ether oxygens (including phenoxy) is 1. The molecule has 2 heterocycles. The van der Waals surface area contributed by atoms with Crippen molar-refractivity contribution in [2.24, 2.45) is 0 Å². The zero-order valence-corrected chi connectivity index (χ0v) is 18.6. The van der Waals surface area contributed by atoms with Crippen molar-refractivity contribution in [3.05, 3.63) is 47.7 Å². The number of amides is 1. The van der Waals surface area contributed by atoms with Gasteiger partial charge in [-0.05, 0) is 44.4 Å². The van der Waals surface area contributed by atoms with Crippen molar-refractivity contribution in [2.45, 2.75) is 62.3 Å². The van der Waals surface area contributed by atoms with Gasteiger partial charge in [0.05, 0.1) is 22.4 Å². The van der Waals surface area contributed by atoms with Crippen LogP contribution in [0, 0.1) is 5.82 Å². The van der Waals surface area contributed by atoms with E-state index >= 15 is 0 Å². The van der Waals surface area contributed by atoms with Gasteiger partial charge in [-0.1, -0.05) is 19.1 Å². The van der Waals surface area contributed by atoms with Gasteiger partial charge in [-0.2, -0.15) is 0 Å². The van der Waals surface area contributed by atoms with Crippen LogP contribution in [0.3, 0.4) is 0 Å². The summed E-state index contributed by atoms with van der Waals surface area (Å²) in [5.41, 5.74) is 0.875. The van der Waals surface area contributed by atoms with E-state index in [1.54, 1.807) is 38.1 Å².